The van der Waals surface area contributed by atoms with E-state index >= 15 is 0 Å². The second kappa shape index (κ2) is 16.4. The second-order valence-corrected chi connectivity index (χ2v) is 7.69. The minimum atomic E-state index is 0.346. The van der Waals surface area contributed by atoms with Crippen molar-refractivity contribution in [2.45, 2.75) is 77.0 Å². The fourth-order valence-corrected chi connectivity index (χ4v) is 3.81. The van der Waals surface area contributed by atoms with Crippen molar-refractivity contribution in [3.63, 3.8) is 0 Å². The van der Waals surface area contributed by atoms with Crippen molar-refractivity contribution < 1.29 is 5.11 Å². The molecule has 0 saturated carbocycles. The van der Waals surface area contributed by atoms with Crippen LogP contribution in [0, 0.1) is 0 Å². The molecular formula is C21H36OS. The average molecular weight is 337 g/mol. The van der Waals surface area contributed by atoms with Crippen LogP contribution in [0.25, 0.3) is 0 Å². The van der Waals surface area contributed by atoms with Gasteiger partial charge in [-0.25, -0.2) is 0 Å². The van der Waals surface area contributed by atoms with E-state index in [-0.39, 0.29) is 0 Å². The van der Waals surface area contributed by atoms with Crippen molar-refractivity contribution in [3.8, 4) is 0 Å². The summed E-state index contributed by atoms with van der Waals surface area (Å²) < 4.78 is 0. The minimum absolute atomic E-state index is 0.346. The molecule has 0 heterocycles. The third-order valence-electron chi connectivity index (χ3n) is 4.29. The summed E-state index contributed by atoms with van der Waals surface area (Å²) in [7, 11) is 0. The van der Waals surface area contributed by atoms with Gasteiger partial charge in [0.05, 0.1) is 0 Å². The highest BCUT2D eigenvalue weighted by Gasteiger charge is 1.95. The van der Waals surface area contributed by atoms with E-state index < -0.39 is 0 Å². The van der Waals surface area contributed by atoms with E-state index in [2.05, 4.69) is 30.3 Å². The number of thioether (sulfide) groups is 1. The van der Waals surface area contributed by atoms with Crippen LogP contribution in [0.4, 0.5) is 0 Å². The Morgan fingerprint density at radius 2 is 1.13 bits per heavy atom. The van der Waals surface area contributed by atoms with E-state index in [1.165, 1.54) is 81.9 Å². The SMILES string of the molecule is OCCCSCCCCCCCCCCCCc1ccccc1. The van der Waals surface area contributed by atoms with E-state index in [1.807, 2.05) is 11.8 Å². The van der Waals surface area contributed by atoms with Crippen LogP contribution in [-0.2, 0) is 6.42 Å². The summed E-state index contributed by atoms with van der Waals surface area (Å²) in [6, 6.07) is 10.9. The van der Waals surface area contributed by atoms with Crippen LogP contribution in [0.3, 0.4) is 0 Å². The molecule has 2 heteroatoms. The topological polar surface area (TPSA) is 20.2 Å². The van der Waals surface area contributed by atoms with Gasteiger partial charge < -0.3 is 5.11 Å². The predicted molar refractivity (Wildman–Crippen MR) is 105 cm³/mol. The van der Waals surface area contributed by atoms with Gasteiger partial charge in [-0.3, -0.25) is 0 Å². The van der Waals surface area contributed by atoms with Crippen LogP contribution in [0.2, 0.25) is 0 Å². The summed E-state index contributed by atoms with van der Waals surface area (Å²) in [5, 5.41) is 8.70. The molecule has 0 amide bonds. The number of hydrogen-bond donors (Lipinski definition) is 1. The molecule has 1 aromatic rings. The molecule has 0 bridgehead atoms. The van der Waals surface area contributed by atoms with E-state index in [9.17, 15) is 0 Å². The van der Waals surface area contributed by atoms with Crippen molar-refractivity contribution in [2.24, 2.45) is 0 Å². The molecule has 23 heavy (non-hydrogen) atoms. The molecule has 1 rings (SSSR count). The molecule has 0 aliphatic rings. The number of benzene rings is 1. The number of aliphatic hydroxyl groups is 1. The van der Waals surface area contributed by atoms with Crippen LogP contribution in [0.5, 0.6) is 0 Å². The molecule has 1 nitrogen and oxygen atoms in total. The molecule has 0 spiro atoms. The summed E-state index contributed by atoms with van der Waals surface area (Å²) in [5.41, 5.74) is 1.49. The van der Waals surface area contributed by atoms with Crippen LogP contribution in [-0.4, -0.2) is 23.2 Å². The first-order valence-corrected chi connectivity index (χ1v) is 10.8. The molecule has 132 valence electrons. The van der Waals surface area contributed by atoms with Gasteiger partial charge >= 0.3 is 0 Å². The van der Waals surface area contributed by atoms with Gasteiger partial charge in [0.15, 0.2) is 0 Å². The fraction of sp³-hybridized carbons (Fsp3) is 0.714. The molecule has 0 atom stereocenters. The number of hydrogen-bond acceptors (Lipinski definition) is 2. The summed E-state index contributed by atoms with van der Waals surface area (Å²) in [5.74, 6) is 2.40. The predicted octanol–water partition coefficient (Wildman–Crippen LogP) is 6.25. The van der Waals surface area contributed by atoms with Crippen LogP contribution >= 0.6 is 11.8 Å². The molecular weight excluding hydrogens is 300 g/mol. The van der Waals surface area contributed by atoms with Gasteiger partial charge in [0, 0.05) is 6.61 Å². The Labute approximate surface area is 148 Å². The van der Waals surface area contributed by atoms with Gasteiger partial charge in [0.2, 0.25) is 0 Å². The number of aliphatic hydroxyl groups excluding tert-OH is 1. The Morgan fingerprint density at radius 1 is 0.609 bits per heavy atom. The van der Waals surface area contributed by atoms with Gasteiger partial charge in [-0.15, -0.1) is 0 Å². The zero-order valence-electron chi connectivity index (χ0n) is 14.8. The van der Waals surface area contributed by atoms with Crippen LogP contribution in [0.15, 0.2) is 30.3 Å². The largest absolute Gasteiger partial charge is 0.396 e. The third-order valence-corrected chi connectivity index (χ3v) is 5.45. The standard InChI is InChI=1S/C21H36OS/c22-18-14-20-23-19-13-8-6-4-2-1-3-5-7-10-15-21-16-11-9-12-17-21/h9,11-12,16-17,22H,1-8,10,13-15,18-20H2. The monoisotopic (exact) mass is 336 g/mol. The first-order valence-electron chi connectivity index (χ1n) is 9.66. The molecule has 0 unspecified atom stereocenters. The van der Waals surface area contributed by atoms with E-state index in [0.717, 1.165) is 12.2 Å². The smallest absolute Gasteiger partial charge is 0.0438 e. The maximum absolute atomic E-state index is 8.70. The van der Waals surface area contributed by atoms with Crippen molar-refractivity contribution in [1.82, 2.24) is 0 Å². The Bertz CT molecular complexity index is 339. The van der Waals surface area contributed by atoms with Crippen molar-refractivity contribution in [2.75, 3.05) is 18.1 Å². The average Bonchev–Trinajstić information content (AvgIpc) is 2.59. The molecule has 0 saturated heterocycles. The third kappa shape index (κ3) is 13.6. The summed E-state index contributed by atoms with van der Waals surface area (Å²) in [4.78, 5) is 0. The normalized spacial score (nSPS) is 11.0. The number of unbranched alkanes of at least 4 members (excludes halogenated alkanes) is 9. The van der Waals surface area contributed by atoms with Gasteiger partial charge in [0.1, 0.15) is 0 Å². The highest BCUT2D eigenvalue weighted by molar-refractivity contribution is 7.99. The fourth-order valence-electron chi connectivity index (χ4n) is 2.86. The Hall–Kier alpha value is -0.470. The lowest BCUT2D eigenvalue weighted by molar-refractivity contribution is 0.296. The van der Waals surface area contributed by atoms with Crippen LogP contribution in [0.1, 0.15) is 76.2 Å². The number of aryl methyl sites for hydroxylation is 1. The Morgan fingerprint density at radius 3 is 1.74 bits per heavy atom. The molecule has 0 aromatic heterocycles. The summed E-state index contributed by atoms with van der Waals surface area (Å²) in [6.45, 7) is 0.346. The van der Waals surface area contributed by atoms with E-state index in [0.29, 0.717) is 6.61 Å². The number of rotatable bonds is 16. The maximum Gasteiger partial charge on any atom is 0.0438 e. The first-order chi connectivity index (χ1) is 11.4. The first kappa shape index (κ1) is 20.6. The van der Waals surface area contributed by atoms with Gasteiger partial charge in [-0.2, -0.15) is 11.8 Å². The van der Waals surface area contributed by atoms with Gasteiger partial charge in [-0.1, -0.05) is 81.7 Å². The molecule has 0 fully saturated rings. The highest BCUT2D eigenvalue weighted by atomic mass is 32.2. The van der Waals surface area contributed by atoms with E-state index in [4.69, 9.17) is 5.11 Å². The quantitative estimate of drug-likeness (QED) is 0.360. The van der Waals surface area contributed by atoms with Crippen molar-refractivity contribution >= 4 is 11.8 Å². The molecule has 1 aromatic carbocycles. The van der Waals surface area contributed by atoms with E-state index in [1.54, 1.807) is 0 Å². The molecule has 0 radical (unpaired) electrons. The Balaban J connectivity index is 1.72. The zero-order valence-corrected chi connectivity index (χ0v) is 15.7. The van der Waals surface area contributed by atoms with Crippen molar-refractivity contribution in [1.29, 1.82) is 0 Å². The van der Waals surface area contributed by atoms with Gasteiger partial charge in [-0.05, 0) is 42.8 Å². The van der Waals surface area contributed by atoms with Gasteiger partial charge in [0.25, 0.3) is 0 Å². The minimum Gasteiger partial charge on any atom is -0.396 e. The molecule has 1 N–H and O–H groups in total. The molecule has 0 aliphatic carbocycles. The lowest BCUT2D eigenvalue weighted by atomic mass is 10.0. The molecule has 0 aliphatic heterocycles. The highest BCUT2D eigenvalue weighted by Crippen LogP contribution is 2.13. The second-order valence-electron chi connectivity index (χ2n) is 6.46. The lowest BCUT2D eigenvalue weighted by Crippen LogP contribution is -1.88. The van der Waals surface area contributed by atoms with Crippen molar-refractivity contribution in [3.05, 3.63) is 35.9 Å². The lowest BCUT2D eigenvalue weighted by Gasteiger charge is -2.04. The maximum atomic E-state index is 8.70. The zero-order chi connectivity index (χ0) is 16.4. The summed E-state index contributed by atoms with van der Waals surface area (Å²) >= 11 is 2.00. The summed E-state index contributed by atoms with van der Waals surface area (Å²) in [6.07, 6.45) is 16.2. The Kier molecular flexibility index (Phi) is 14.7. The van der Waals surface area contributed by atoms with Crippen LogP contribution < -0.4 is 0 Å².